The number of imide groups is 1. The fourth-order valence-corrected chi connectivity index (χ4v) is 4.19. The minimum Gasteiger partial charge on any atom is -0.508 e. The number of aromatic hydroxyl groups is 1. The molecule has 0 aliphatic carbocycles. The van der Waals surface area contributed by atoms with Crippen LogP contribution < -0.4 is 10.2 Å². The first-order valence-electron chi connectivity index (χ1n) is 9.03. The van der Waals surface area contributed by atoms with Gasteiger partial charge >= 0.3 is 5.97 Å². The third kappa shape index (κ3) is 2.58. The van der Waals surface area contributed by atoms with Gasteiger partial charge in [-0.3, -0.25) is 19.7 Å². The molecule has 2 amide bonds. The molecule has 4 rings (SSSR count). The maximum absolute atomic E-state index is 13.2. The molecule has 0 spiro atoms. The molecule has 28 heavy (non-hydrogen) atoms. The number of carbonyl (C=O) groups excluding carboxylic acids is 2. The van der Waals surface area contributed by atoms with Crippen LogP contribution in [0.15, 0.2) is 42.5 Å². The standard InChI is InChI=1S/C21H20N2O5/c1-10-7-8-12(9-11(10)2)23-19(25)15-16(20(23)26)18(21(27)28)22-17(15)13-5-3-4-6-14(13)24/h3-9,15-18,22,24H,1-2H3,(H,27,28)/t15-,16-,17-,18+/m0/s1. The fourth-order valence-electron chi connectivity index (χ4n) is 4.19. The second kappa shape index (κ2) is 6.45. The third-order valence-corrected chi connectivity index (χ3v) is 5.76. The maximum atomic E-state index is 13.2. The van der Waals surface area contributed by atoms with Crippen LogP contribution in [0.5, 0.6) is 5.75 Å². The maximum Gasteiger partial charge on any atom is 0.321 e. The first-order chi connectivity index (χ1) is 13.3. The number of amides is 2. The number of aliphatic carboxylic acids is 1. The minimum absolute atomic E-state index is 0.0466. The predicted octanol–water partition coefficient (Wildman–Crippen LogP) is 1.91. The van der Waals surface area contributed by atoms with E-state index in [1.54, 1.807) is 30.3 Å². The van der Waals surface area contributed by atoms with E-state index in [9.17, 15) is 24.6 Å². The Bertz CT molecular complexity index is 1000. The van der Waals surface area contributed by atoms with Crippen LogP contribution >= 0.6 is 0 Å². The number of carboxylic acids is 1. The smallest absolute Gasteiger partial charge is 0.321 e. The van der Waals surface area contributed by atoms with Gasteiger partial charge in [-0.25, -0.2) is 4.90 Å². The van der Waals surface area contributed by atoms with E-state index in [-0.39, 0.29) is 5.75 Å². The van der Waals surface area contributed by atoms with Crippen molar-refractivity contribution in [2.45, 2.75) is 25.9 Å². The van der Waals surface area contributed by atoms with Crippen molar-refractivity contribution < 1.29 is 24.6 Å². The van der Waals surface area contributed by atoms with E-state index >= 15 is 0 Å². The highest BCUT2D eigenvalue weighted by Gasteiger charge is 2.61. The number of anilines is 1. The molecule has 2 saturated heterocycles. The monoisotopic (exact) mass is 380 g/mol. The lowest BCUT2D eigenvalue weighted by Crippen LogP contribution is -2.43. The Morgan fingerprint density at radius 1 is 1.00 bits per heavy atom. The van der Waals surface area contributed by atoms with Crippen molar-refractivity contribution in [1.29, 1.82) is 0 Å². The van der Waals surface area contributed by atoms with Crippen LogP contribution in [0.3, 0.4) is 0 Å². The number of nitrogens with zero attached hydrogens (tertiary/aromatic N) is 1. The predicted molar refractivity (Wildman–Crippen MR) is 101 cm³/mol. The van der Waals surface area contributed by atoms with Crippen LogP contribution in [0.4, 0.5) is 5.69 Å². The summed E-state index contributed by atoms with van der Waals surface area (Å²) in [7, 11) is 0. The Balaban J connectivity index is 1.80. The summed E-state index contributed by atoms with van der Waals surface area (Å²) < 4.78 is 0. The van der Waals surface area contributed by atoms with Crippen molar-refractivity contribution >= 4 is 23.5 Å². The normalized spacial score (nSPS) is 26.6. The van der Waals surface area contributed by atoms with Gasteiger partial charge in [0.15, 0.2) is 0 Å². The van der Waals surface area contributed by atoms with E-state index in [4.69, 9.17) is 0 Å². The molecule has 2 aromatic rings. The number of phenolic OH excluding ortho intramolecular Hbond substituents is 1. The topological polar surface area (TPSA) is 107 Å². The largest absolute Gasteiger partial charge is 0.508 e. The van der Waals surface area contributed by atoms with Gasteiger partial charge in [-0.05, 0) is 43.2 Å². The molecule has 0 aromatic heterocycles. The van der Waals surface area contributed by atoms with Gasteiger partial charge in [-0.15, -0.1) is 0 Å². The van der Waals surface area contributed by atoms with E-state index in [0.717, 1.165) is 16.0 Å². The van der Waals surface area contributed by atoms with E-state index in [0.29, 0.717) is 11.3 Å². The molecule has 2 heterocycles. The highest BCUT2D eigenvalue weighted by Crippen LogP contribution is 2.47. The van der Waals surface area contributed by atoms with Crippen LogP contribution in [0.2, 0.25) is 0 Å². The second-order valence-corrected chi connectivity index (χ2v) is 7.35. The summed E-state index contributed by atoms with van der Waals surface area (Å²) >= 11 is 0. The summed E-state index contributed by atoms with van der Waals surface area (Å²) in [5.74, 6) is -4.16. The lowest BCUT2D eigenvalue weighted by Gasteiger charge is -2.22. The molecular formula is C21H20N2O5. The third-order valence-electron chi connectivity index (χ3n) is 5.76. The number of para-hydroxylation sites is 1. The molecule has 2 aromatic carbocycles. The fraction of sp³-hybridized carbons (Fsp3) is 0.286. The van der Waals surface area contributed by atoms with Crippen molar-refractivity contribution in [3.63, 3.8) is 0 Å². The Hall–Kier alpha value is -3.19. The zero-order valence-electron chi connectivity index (χ0n) is 15.4. The van der Waals surface area contributed by atoms with Crippen molar-refractivity contribution in [3.8, 4) is 5.75 Å². The number of hydrogen-bond donors (Lipinski definition) is 3. The molecule has 144 valence electrons. The van der Waals surface area contributed by atoms with Crippen LogP contribution in [0.1, 0.15) is 22.7 Å². The number of phenols is 1. The number of hydrogen-bond acceptors (Lipinski definition) is 5. The molecule has 2 aliphatic rings. The molecule has 0 saturated carbocycles. The molecular weight excluding hydrogens is 360 g/mol. The number of benzene rings is 2. The molecule has 0 bridgehead atoms. The first kappa shape index (κ1) is 18.2. The summed E-state index contributed by atoms with van der Waals surface area (Å²) in [5, 5.41) is 22.7. The Morgan fingerprint density at radius 2 is 1.68 bits per heavy atom. The van der Waals surface area contributed by atoms with Crippen molar-refractivity contribution in [2.24, 2.45) is 11.8 Å². The number of fused-ring (bicyclic) bond motifs is 1. The van der Waals surface area contributed by atoms with Crippen LogP contribution in [-0.4, -0.2) is 34.0 Å². The first-order valence-corrected chi connectivity index (χ1v) is 9.03. The van der Waals surface area contributed by atoms with Gasteiger partial charge in [-0.2, -0.15) is 0 Å². The molecule has 4 atom stereocenters. The number of carboxylic acid groups (broad SMARTS) is 1. The van der Waals surface area contributed by atoms with Crippen LogP contribution in [0.25, 0.3) is 0 Å². The average molecular weight is 380 g/mol. The SMILES string of the molecule is Cc1ccc(N2C(=O)[C@H]3[C@H](C2=O)[C@H](c2ccccc2O)N[C@H]3C(=O)O)cc1C. The van der Waals surface area contributed by atoms with Gasteiger partial charge in [0.2, 0.25) is 11.8 Å². The zero-order valence-corrected chi connectivity index (χ0v) is 15.4. The van der Waals surface area contributed by atoms with Crippen molar-refractivity contribution in [3.05, 3.63) is 59.2 Å². The highest BCUT2D eigenvalue weighted by atomic mass is 16.4. The van der Waals surface area contributed by atoms with E-state index in [2.05, 4.69) is 5.32 Å². The van der Waals surface area contributed by atoms with E-state index < -0.39 is 41.7 Å². The summed E-state index contributed by atoms with van der Waals surface area (Å²) in [4.78, 5) is 39.2. The van der Waals surface area contributed by atoms with Gasteiger partial charge < -0.3 is 10.2 Å². The molecule has 7 nitrogen and oxygen atoms in total. The lowest BCUT2D eigenvalue weighted by molar-refractivity contribution is -0.142. The van der Waals surface area contributed by atoms with Crippen LogP contribution in [0, 0.1) is 25.7 Å². The second-order valence-electron chi connectivity index (χ2n) is 7.35. The summed E-state index contributed by atoms with van der Waals surface area (Å²) in [6.07, 6.45) is 0. The van der Waals surface area contributed by atoms with Crippen LogP contribution in [-0.2, 0) is 14.4 Å². The Kier molecular flexibility index (Phi) is 4.19. The lowest BCUT2D eigenvalue weighted by atomic mass is 9.86. The number of carbonyl (C=O) groups is 3. The van der Waals surface area contributed by atoms with Gasteiger partial charge in [0.25, 0.3) is 0 Å². The van der Waals surface area contributed by atoms with E-state index in [1.165, 1.54) is 6.07 Å². The molecule has 0 unspecified atom stereocenters. The minimum atomic E-state index is -1.21. The number of aryl methyl sites for hydroxylation is 2. The number of rotatable bonds is 3. The van der Waals surface area contributed by atoms with E-state index in [1.807, 2.05) is 19.9 Å². The molecule has 2 fully saturated rings. The van der Waals surface area contributed by atoms with Gasteiger partial charge in [0.1, 0.15) is 11.8 Å². The summed E-state index contributed by atoms with van der Waals surface area (Å²) in [5.41, 5.74) is 2.80. The number of nitrogens with one attached hydrogen (secondary N) is 1. The molecule has 2 aliphatic heterocycles. The van der Waals surface area contributed by atoms with Gasteiger partial charge in [0.05, 0.1) is 17.5 Å². The average Bonchev–Trinajstić information content (AvgIpc) is 3.16. The Labute approximate surface area is 161 Å². The Morgan fingerprint density at radius 3 is 2.32 bits per heavy atom. The van der Waals surface area contributed by atoms with Gasteiger partial charge in [-0.1, -0.05) is 24.3 Å². The quantitative estimate of drug-likeness (QED) is 0.703. The molecule has 0 radical (unpaired) electrons. The zero-order chi connectivity index (χ0) is 20.2. The van der Waals surface area contributed by atoms with Crippen molar-refractivity contribution in [1.82, 2.24) is 5.32 Å². The molecule has 3 N–H and O–H groups in total. The summed E-state index contributed by atoms with van der Waals surface area (Å²) in [6, 6.07) is 9.75. The summed E-state index contributed by atoms with van der Waals surface area (Å²) in [6.45, 7) is 3.82. The molecule has 7 heteroatoms. The van der Waals surface area contributed by atoms with Gasteiger partial charge in [0, 0.05) is 11.6 Å². The highest BCUT2D eigenvalue weighted by molar-refractivity contribution is 6.23. The van der Waals surface area contributed by atoms with Crippen molar-refractivity contribution in [2.75, 3.05) is 4.90 Å².